The number of amides is 1. The molecule has 0 spiro atoms. The molecule has 0 bridgehead atoms. The number of hydrogen-bond donors (Lipinski definition) is 2. The zero-order valence-corrected chi connectivity index (χ0v) is 15.5. The monoisotopic (exact) mass is 416 g/mol. The van der Waals surface area contributed by atoms with Crippen molar-refractivity contribution in [3.8, 4) is 0 Å². The second kappa shape index (κ2) is 9.54. The molecule has 1 fully saturated rings. The largest absolute Gasteiger partial charge is 0.444 e. The highest BCUT2D eigenvalue weighted by molar-refractivity contribution is 14.0. The van der Waals surface area contributed by atoms with Gasteiger partial charge < -0.3 is 20.7 Å². The predicted molar refractivity (Wildman–Crippen MR) is 95.0 cm³/mol. The Morgan fingerprint density at radius 3 is 2.55 bits per heavy atom. The zero-order valence-electron chi connectivity index (χ0n) is 12.3. The number of nitrogens with two attached hydrogens (primary N) is 1. The highest BCUT2D eigenvalue weighted by Crippen LogP contribution is 2.08. The molecule has 0 aliphatic carbocycles. The van der Waals surface area contributed by atoms with Gasteiger partial charge in [0.25, 0.3) is 0 Å². The lowest BCUT2D eigenvalue weighted by molar-refractivity contribution is 0.0529. The summed E-state index contributed by atoms with van der Waals surface area (Å²) < 4.78 is 5.12. The van der Waals surface area contributed by atoms with Gasteiger partial charge in [0.15, 0.2) is 5.96 Å². The summed E-state index contributed by atoms with van der Waals surface area (Å²) in [6.45, 7) is 8.27. The minimum Gasteiger partial charge on any atom is -0.444 e. The van der Waals surface area contributed by atoms with Crippen molar-refractivity contribution in [3.05, 3.63) is 0 Å². The average Bonchev–Trinajstić information content (AvgIpc) is 2.33. The SMILES string of the molecule is CC(C)(C)OC(=O)NCCN=C(N)N1CCSCC1.I. The molecule has 118 valence electrons. The van der Waals surface area contributed by atoms with E-state index in [1.54, 1.807) is 0 Å². The maximum Gasteiger partial charge on any atom is 0.407 e. The fourth-order valence-corrected chi connectivity index (χ4v) is 2.44. The smallest absolute Gasteiger partial charge is 0.407 e. The molecule has 0 radical (unpaired) electrons. The molecular weight excluding hydrogens is 391 g/mol. The number of nitrogens with zero attached hydrogens (tertiary/aromatic N) is 2. The van der Waals surface area contributed by atoms with E-state index in [0.717, 1.165) is 24.6 Å². The summed E-state index contributed by atoms with van der Waals surface area (Å²) in [7, 11) is 0. The number of halogens is 1. The van der Waals surface area contributed by atoms with Crippen LogP contribution in [0.5, 0.6) is 0 Å². The number of nitrogens with one attached hydrogen (secondary N) is 1. The van der Waals surface area contributed by atoms with Crippen LogP contribution in [0.15, 0.2) is 4.99 Å². The molecule has 0 saturated carbocycles. The summed E-state index contributed by atoms with van der Waals surface area (Å²) in [6, 6.07) is 0. The molecule has 0 aromatic carbocycles. The normalized spacial score (nSPS) is 16.4. The van der Waals surface area contributed by atoms with Crippen molar-refractivity contribution in [1.29, 1.82) is 0 Å². The first-order valence-electron chi connectivity index (χ1n) is 6.48. The van der Waals surface area contributed by atoms with Gasteiger partial charge >= 0.3 is 6.09 Å². The number of hydrogen-bond acceptors (Lipinski definition) is 4. The van der Waals surface area contributed by atoms with Crippen LogP contribution in [0.25, 0.3) is 0 Å². The quantitative estimate of drug-likeness (QED) is 0.316. The van der Waals surface area contributed by atoms with Crippen LogP contribution < -0.4 is 11.1 Å². The van der Waals surface area contributed by atoms with E-state index >= 15 is 0 Å². The minimum atomic E-state index is -0.474. The number of carbonyl (C=O) groups excluding carboxylic acids is 1. The van der Waals surface area contributed by atoms with Crippen LogP contribution in [0, 0.1) is 0 Å². The molecule has 0 unspecified atom stereocenters. The molecule has 6 nitrogen and oxygen atoms in total. The Morgan fingerprint density at radius 2 is 2.00 bits per heavy atom. The number of guanidine groups is 1. The van der Waals surface area contributed by atoms with Crippen molar-refractivity contribution in [3.63, 3.8) is 0 Å². The van der Waals surface area contributed by atoms with Crippen molar-refractivity contribution < 1.29 is 9.53 Å². The fraction of sp³-hybridized carbons (Fsp3) is 0.833. The average molecular weight is 416 g/mol. The van der Waals surface area contributed by atoms with E-state index in [9.17, 15) is 4.79 Å². The maximum atomic E-state index is 11.4. The van der Waals surface area contributed by atoms with Gasteiger partial charge in [0.05, 0.1) is 6.54 Å². The molecule has 0 atom stereocenters. The minimum absolute atomic E-state index is 0. The van der Waals surface area contributed by atoms with E-state index in [2.05, 4.69) is 15.2 Å². The van der Waals surface area contributed by atoms with Crippen molar-refractivity contribution in [1.82, 2.24) is 10.2 Å². The van der Waals surface area contributed by atoms with E-state index in [1.165, 1.54) is 0 Å². The standard InChI is InChI=1S/C12H24N4O2S.HI/c1-12(2,3)18-11(17)15-5-4-14-10(13)16-6-8-19-9-7-16;/h4-9H2,1-3H3,(H2,13,14)(H,15,17);1H. The maximum absolute atomic E-state index is 11.4. The van der Waals surface area contributed by atoms with E-state index < -0.39 is 11.7 Å². The third-order valence-electron chi connectivity index (χ3n) is 2.39. The molecule has 1 amide bonds. The summed E-state index contributed by atoms with van der Waals surface area (Å²) >= 11 is 1.93. The fourth-order valence-electron chi connectivity index (χ4n) is 1.54. The van der Waals surface area contributed by atoms with Gasteiger partial charge in [-0.25, -0.2) is 4.79 Å². The molecule has 0 aromatic heterocycles. The van der Waals surface area contributed by atoms with E-state index in [0.29, 0.717) is 19.0 Å². The predicted octanol–water partition coefficient (Wildman–Crippen LogP) is 1.49. The third kappa shape index (κ3) is 8.72. The summed E-state index contributed by atoms with van der Waals surface area (Å²) in [5, 5.41) is 2.65. The van der Waals surface area contributed by atoms with Gasteiger partial charge in [-0.15, -0.1) is 24.0 Å². The molecule has 20 heavy (non-hydrogen) atoms. The van der Waals surface area contributed by atoms with Crippen molar-refractivity contribution in [2.24, 2.45) is 10.7 Å². The van der Waals surface area contributed by atoms with Crippen LogP contribution in [-0.4, -0.2) is 60.2 Å². The van der Waals surface area contributed by atoms with Crippen LogP contribution in [-0.2, 0) is 4.74 Å². The topological polar surface area (TPSA) is 79.9 Å². The van der Waals surface area contributed by atoms with Gasteiger partial charge in [0.1, 0.15) is 5.60 Å². The Kier molecular flexibility index (Phi) is 9.36. The zero-order chi connectivity index (χ0) is 14.3. The summed E-state index contributed by atoms with van der Waals surface area (Å²) in [6.07, 6.45) is -0.421. The first kappa shape index (κ1) is 19.6. The highest BCUT2D eigenvalue weighted by Gasteiger charge is 2.15. The van der Waals surface area contributed by atoms with Crippen molar-refractivity contribution in [2.75, 3.05) is 37.7 Å². The van der Waals surface area contributed by atoms with Crippen molar-refractivity contribution >= 4 is 47.8 Å². The lowest BCUT2D eigenvalue weighted by Gasteiger charge is -2.27. The first-order valence-corrected chi connectivity index (χ1v) is 7.63. The summed E-state index contributed by atoms with van der Waals surface area (Å²) in [5.74, 6) is 2.74. The number of thioether (sulfide) groups is 1. The van der Waals surface area contributed by atoms with Gasteiger partial charge in [-0.3, -0.25) is 4.99 Å². The van der Waals surface area contributed by atoms with Crippen LogP contribution in [0.1, 0.15) is 20.8 Å². The van der Waals surface area contributed by atoms with Gasteiger partial charge in [-0.05, 0) is 20.8 Å². The number of aliphatic imine (C=N–C) groups is 1. The number of rotatable bonds is 3. The molecule has 0 aromatic rings. The number of carbonyl (C=O) groups is 1. The Hall–Kier alpha value is -0.380. The molecule has 1 aliphatic heterocycles. The van der Waals surface area contributed by atoms with Gasteiger partial charge in [-0.2, -0.15) is 11.8 Å². The second-order valence-corrected chi connectivity index (χ2v) is 6.49. The lowest BCUT2D eigenvalue weighted by Crippen LogP contribution is -2.43. The Bertz CT molecular complexity index is 328. The molecule has 1 rings (SSSR count). The number of ether oxygens (including phenoxy) is 1. The third-order valence-corrected chi connectivity index (χ3v) is 3.33. The summed E-state index contributed by atoms with van der Waals surface area (Å²) in [5.41, 5.74) is 5.42. The van der Waals surface area contributed by atoms with Gasteiger partial charge in [-0.1, -0.05) is 0 Å². The van der Waals surface area contributed by atoms with Crippen LogP contribution in [0.2, 0.25) is 0 Å². The second-order valence-electron chi connectivity index (χ2n) is 5.27. The lowest BCUT2D eigenvalue weighted by atomic mass is 10.2. The van der Waals surface area contributed by atoms with E-state index in [4.69, 9.17) is 10.5 Å². The van der Waals surface area contributed by atoms with Crippen LogP contribution in [0.3, 0.4) is 0 Å². The molecule has 1 heterocycles. The molecular formula is C12H25IN4O2S. The van der Waals surface area contributed by atoms with E-state index in [-0.39, 0.29) is 24.0 Å². The Morgan fingerprint density at radius 1 is 1.40 bits per heavy atom. The number of alkyl carbamates (subject to hydrolysis) is 1. The highest BCUT2D eigenvalue weighted by atomic mass is 127. The van der Waals surface area contributed by atoms with E-state index in [1.807, 2.05) is 32.5 Å². The van der Waals surface area contributed by atoms with Gasteiger partial charge in [0, 0.05) is 31.1 Å². The summed E-state index contributed by atoms with van der Waals surface area (Å²) in [4.78, 5) is 17.7. The molecule has 3 N–H and O–H groups in total. The van der Waals surface area contributed by atoms with Gasteiger partial charge in [0.2, 0.25) is 0 Å². The van der Waals surface area contributed by atoms with Crippen LogP contribution in [0.4, 0.5) is 4.79 Å². The Balaban J connectivity index is 0.00000361. The molecule has 1 aliphatic rings. The molecule has 1 saturated heterocycles. The van der Waals surface area contributed by atoms with Crippen molar-refractivity contribution in [2.45, 2.75) is 26.4 Å². The van der Waals surface area contributed by atoms with Crippen LogP contribution >= 0.6 is 35.7 Å². The Labute approximate surface area is 142 Å². The first-order chi connectivity index (χ1) is 8.88. The molecule has 8 heteroatoms.